The zero-order valence-corrected chi connectivity index (χ0v) is 21.8. The van der Waals surface area contributed by atoms with Crippen molar-refractivity contribution in [2.45, 2.75) is 62.5 Å². The molecule has 2 aliphatic heterocycles. The van der Waals surface area contributed by atoms with Crippen LogP contribution < -0.4 is 0 Å². The Hall–Kier alpha value is -3.08. The summed E-state index contributed by atoms with van der Waals surface area (Å²) in [5.41, 5.74) is -4.23. The highest BCUT2D eigenvalue weighted by Crippen LogP contribution is 2.40. The Morgan fingerprint density at radius 2 is 1.46 bits per heavy atom. The molecule has 0 saturated carbocycles. The third-order valence-electron chi connectivity index (χ3n) is 7.70. The average Bonchev–Trinajstić information content (AvgIpc) is 3.57. The van der Waals surface area contributed by atoms with Crippen molar-refractivity contribution in [2.75, 3.05) is 26.7 Å². The fraction of sp³-hybridized carbons (Fsp3) is 0.500. The second-order valence-corrected chi connectivity index (χ2v) is 10.7. The molecule has 2 heterocycles. The van der Waals surface area contributed by atoms with Crippen molar-refractivity contribution in [1.82, 2.24) is 9.80 Å². The molecule has 2 aromatic rings. The molecule has 2 aliphatic rings. The van der Waals surface area contributed by atoms with Gasteiger partial charge in [-0.2, -0.15) is 26.3 Å². The molecular weight excluding hydrogens is 526 g/mol. The molecule has 11 heteroatoms. The molecule has 5 nitrogen and oxygen atoms in total. The largest absolute Gasteiger partial charge is 0.416 e. The van der Waals surface area contributed by atoms with Gasteiger partial charge in [0.25, 0.3) is 5.91 Å². The molecule has 39 heavy (non-hydrogen) atoms. The molecule has 2 fully saturated rings. The number of carbonyl (C=O) groups excluding carboxylic acids is 2. The minimum Gasteiger partial charge on any atom is -0.368 e. The van der Waals surface area contributed by atoms with Crippen LogP contribution in [0.4, 0.5) is 26.3 Å². The van der Waals surface area contributed by atoms with Crippen molar-refractivity contribution >= 4 is 11.8 Å². The van der Waals surface area contributed by atoms with Crippen LogP contribution >= 0.6 is 0 Å². The van der Waals surface area contributed by atoms with Gasteiger partial charge in [-0.05, 0) is 56.0 Å². The lowest BCUT2D eigenvalue weighted by molar-refractivity contribution is -0.144. The monoisotopic (exact) mass is 556 g/mol. The summed E-state index contributed by atoms with van der Waals surface area (Å²) in [5, 5.41) is 0. The van der Waals surface area contributed by atoms with Gasteiger partial charge in [-0.15, -0.1) is 0 Å². The van der Waals surface area contributed by atoms with Crippen molar-refractivity contribution < 1.29 is 40.7 Å². The van der Waals surface area contributed by atoms with E-state index in [0.29, 0.717) is 31.7 Å². The summed E-state index contributed by atoms with van der Waals surface area (Å²) >= 11 is 0. The fourth-order valence-electron chi connectivity index (χ4n) is 5.39. The van der Waals surface area contributed by atoms with Crippen molar-refractivity contribution in [2.24, 2.45) is 0 Å². The van der Waals surface area contributed by atoms with Gasteiger partial charge in [0.15, 0.2) is 0 Å². The molecular formula is C28H30F6N2O3. The highest BCUT2D eigenvalue weighted by molar-refractivity contribution is 5.88. The van der Waals surface area contributed by atoms with Gasteiger partial charge in [0.05, 0.1) is 22.6 Å². The lowest BCUT2D eigenvalue weighted by Crippen LogP contribution is -2.49. The number of nitrogens with zero attached hydrogens (tertiary/aromatic N) is 2. The first-order valence-electron chi connectivity index (χ1n) is 12.6. The summed E-state index contributed by atoms with van der Waals surface area (Å²) in [6.45, 7) is 3.56. The molecule has 0 radical (unpaired) electrons. The number of rotatable bonds is 5. The molecule has 212 valence electrons. The van der Waals surface area contributed by atoms with E-state index in [4.69, 9.17) is 4.74 Å². The summed E-state index contributed by atoms with van der Waals surface area (Å²) in [4.78, 5) is 29.9. The zero-order valence-electron chi connectivity index (χ0n) is 21.8. The number of ether oxygens (including phenoxy) is 1. The number of amides is 2. The minimum absolute atomic E-state index is 0.0464. The van der Waals surface area contributed by atoms with Gasteiger partial charge in [-0.1, -0.05) is 30.3 Å². The Morgan fingerprint density at radius 3 is 1.97 bits per heavy atom. The summed E-state index contributed by atoms with van der Waals surface area (Å²) in [7, 11) is 1.48. The first kappa shape index (κ1) is 28.9. The Bertz CT molecular complexity index is 1170. The highest BCUT2D eigenvalue weighted by Gasteiger charge is 2.46. The number of hydrogen-bond donors (Lipinski definition) is 0. The maximum absolute atomic E-state index is 13.8. The number of benzene rings is 2. The molecule has 1 unspecified atom stereocenters. The SMILES string of the molecule is CN(C(=O)C(C)(C)c1cc(C(F)(F)F)cc(C(F)(F)F)c1)[C@@H]1CN(C(=O)[C@H]2CCCO2)CC1c1ccccc1. The van der Waals surface area contributed by atoms with Gasteiger partial charge in [0.1, 0.15) is 6.10 Å². The van der Waals surface area contributed by atoms with Crippen LogP contribution in [0, 0.1) is 0 Å². The molecule has 0 spiro atoms. The second kappa shape index (κ2) is 10.5. The average molecular weight is 557 g/mol. The molecule has 0 bridgehead atoms. The van der Waals surface area contributed by atoms with Crippen molar-refractivity contribution in [3.63, 3.8) is 0 Å². The van der Waals surface area contributed by atoms with Crippen LogP contribution in [0.5, 0.6) is 0 Å². The maximum Gasteiger partial charge on any atom is 0.416 e. The molecule has 2 saturated heterocycles. The van der Waals surface area contributed by atoms with Crippen LogP contribution in [0.15, 0.2) is 48.5 Å². The normalized spacial score (nSPS) is 22.3. The third-order valence-corrected chi connectivity index (χ3v) is 7.70. The number of alkyl halides is 6. The molecule has 0 N–H and O–H groups in total. The summed E-state index contributed by atoms with van der Waals surface area (Å²) in [5.74, 6) is -1.16. The molecule has 0 aliphatic carbocycles. The van der Waals surface area contributed by atoms with Crippen molar-refractivity contribution in [3.05, 3.63) is 70.8 Å². The van der Waals surface area contributed by atoms with E-state index < -0.39 is 52.5 Å². The van der Waals surface area contributed by atoms with Gasteiger partial charge in [-0.25, -0.2) is 0 Å². The van der Waals surface area contributed by atoms with E-state index in [2.05, 4.69) is 0 Å². The van der Waals surface area contributed by atoms with Crippen LogP contribution in [0.3, 0.4) is 0 Å². The maximum atomic E-state index is 13.8. The fourth-order valence-corrected chi connectivity index (χ4v) is 5.39. The first-order valence-corrected chi connectivity index (χ1v) is 12.6. The quantitative estimate of drug-likeness (QED) is 0.449. The van der Waals surface area contributed by atoms with Crippen LogP contribution in [0.1, 0.15) is 54.9 Å². The van der Waals surface area contributed by atoms with Crippen molar-refractivity contribution in [1.29, 1.82) is 0 Å². The predicted molar refractivity (Wildman–Crippen MR) is 131 cm³/mol. The Labute approximate surface area is 222 Å². The van der Waals surface area contributed by atoms with Crippen LogP contribution in [0.25, 0.3) is 0 Å². The van der Waals surface area contributed by atoms with E-state index in [1.807, 2.05) is 30.3 Å². The van der Waals surface area contributed by atoms with Gasteiger partial charge >= 0.3 is 12.4 Å². The van der Waals surface area contributed by atoms with Gasteiger partial charge in [0.2, 0.25) is 5.91 Å². The highest BCUT2D eigenvalue weighted by atomic mass is 19.4. The van der Waals surface area contributed by atoms with Gasteiger partial charge in [0, 0.05) is 32.7 Å². The lowest BCUT2D eigenvalue weighted by Gasteiger charge is -2.36. The second-order valence-electron chi connectivity index (χ2n) is 10.7. The predicted octanol–water partition coefficient (Wildman–Crippen LogP) is 5.63. The third kappa shape index (κ3) is 5.92. The van der Waals surface area contributed by atoms with Crippen LogP contribution in [0.2, 0.25) is 0 Å². The Balaban J connectivity index is 1.68. The molecule has 4 rings (SSSR count). The van der Waals surface area contributed by atoms with E-state index in [1.165, 1.54) is 25.8 Å². The molecule has 3 atom stereocenters. The number of carbonyl (C=O) groups is 2. The van der Waals surface area contributed by atoms with Gasteiger partial charge < -0.3 is 14.5 Å². The van der Waals surface area contributed by atoms with E-state index in [1.54, 1.807) is 4.90 Å². The molecule has 0 aromatic heterocycles. The van der Waals surface area contributed by atoms with E-state index in [9.17, 15) is 35.9 Å². The number of hydrogen-bond acceptors (Lipinski definition) is 3. The van der Waals surface area contributed by atoms with Crippen LogP contribution in [-0.2, 0) is 32.1 Å². The summed E-state index contributed by atoms with van der Waals surface area (Å²) in [6, 6.07) is 9.88. The number of halogens is 6. The first-order chi connectivity index (χ1) is 18.1. The molecule has 2 amide bonds. The molecule has 2 aromatic carbocycles. The zero-order chi connectivity index (χ0) is 28.8. The van der Waals surface area contributed by atoms with Gasteiger partial charge in [-0.3, -0.25) is 9.59 Å². The lowest BCUT2D eigenvalue weighted by atomic mass is 9.80. The minimum atomic E-state index is -5.03. The Kier molecular flexibility index (Phi) is 7.77. The van der Waals surface area contributed by atoms with Crippen LogP contribution in [-0.4, -0.2) is 60.5 Å². The smallest absolute Gasteiger partial charge is 0.368 e. The summed E-state index contributed by atoms with van der Waals surface area (Å²) in [6.07, 6.45) is -9.28. The topological polar surface area (TPSA) is 49.9 Å². The summed E-state index contributed by atoms with van der Waals surface area (Å²) < 4.78 is 86.6. The van der Waals surface area contributed by atoms with E-state index in [0.717, 1.165) is 12.0 Å². The van der Waals surface area contributed by atoms with E-state index in [-0.39, 0.29) is 24.4 Å². The standard InChI is InChI=1S/C28H30F6N2O3/c1-26(2,18-12-19(27(29,30)31)14-20(13-18)28(32,33)34)25(38)35(3)22-16-36(24(37)23-10-7-11-39-23)15-21(22)17-8-5-4-6-9-17/h4-6,8-9,12-14,21-23H,7,10-11,15-16H2,1-3H3/t21?,22-,23-/m1/s1. The van der Waals surface area contributed by atoms with E-state index >= 15 is 0 Å². The number of likely N-dealkylation sites (tertiary alicyclic amines) is 1. The Morgan fingerprint density at radius 1 is 0.897 bits per heavy atom. The number of likely N-dealkylation sites (N-methyl/N-ethyl adjacent to an activating group) is 1. The van der Waals surface area contributed by atoms with Crippen molar-refractivity contribution in [3.8, 4) is 0 Å².